The topological polar surface area (TPSA) is 56.7 Å². The first-order valence-electron chi connectivity index (χ1n) is 5.55. The fraction of sp³-hybridized carbons (Fsp3) is 0.333. The molecule has 1 aromatic heterocycles. The molecule has 1 unspecified atom stereocenters. The number of rotatable bonds is 4. The molecule has 2 aromatic rings. The smallest absolute Gasteiger partial charge is 0.0796 e. The van der Waals surface area contributed by atoms with E-state index in [0.717, 1.165) is 17.0 Å². The molecule has 0 amide bonds. The van der Waals surface area contributed by atoms with Crippen LogP contribution in [0.1, 0.15) is 24.2 Å². The number of nitrogens with zero attached hydrogens (tertiary/aromatic N) is 3. The predicted octanol–water partition coefficient (Wildman–Crippen LogP) is 1.98. The van der Waals surface area contributed by atoms with E-state index < -0.39 is 0 Å². The van der Waals surface area contributed by atoms with Crippen molar-refractivity contribution in [3.63, 3.8) is 0 Å². The molecule has 1 atom stereocenters. The second-order valence-corrected chi connectivity index (χ2v) is 5.10. The first kappa shape index (κ1) is 12.1. The zero-order chi connectivity index (χ0) is 12.3. The minimum Gasteiger partial charge on any atom is -0.319 e. The summed E-state index contributed by atoms with van der Waals surface area (Å²) >= 11 is 1.83. The van der Waals surface area contributed by atoms with Crippen molar-refractivity contribution in [2.75, 3.05) is 5.75 Å². The van der Waals surface area contributed by atoms with E-state index in [0.29, 0.717) is 0 Å². The Hall–Kier alpha value is -1.33. The lowest BCUT2D eigenvalue weighted by atomic mass is 10.1. The van der Waals surface area contributed by atoms with Gasteiger partial charge < -0.3 is 5.73 Å². The zero-order valence-corrected chi connectivity index (χ0v) is 10.8. The number of nitrogens with two attached hydrogens (primary N) is 1. The number of hydrogen-bond acceptors (Lipinski definition) is 4. The molecule has 0 aliphatic carbocycles. The van der Waals surface area contributed by atoms with Crippen molar-refractivity contribution in [3.05, 3.63) is 41.7 Å². The summed E-state index contributed by atoms with van der Waals surface area (Å²) in [5, 5.41) is 7.74. The molecule has 0 saturated heterocycles. The van der Waals surface area contributed by atoms with Crippen LogP contribution in [-0.2, 0) is 7.05 Å². The van der Waals surface area contributed by atoms with Gasteiger partial charge in [-0.3, -0.25) is 4.68 Å². The van der Waals surface area contributed by atoms with Gasteiger partial charge in [0.25, 0.3) is 0 Å². The lowest BCUT2D eigenvalue weighted by Crippen LogP contribution is -2.15. The molecule has 0 radical (unpaired) electrons. The summed E-state index contributed by atoms with van der Waals surface area (Å²) in [5.74, 6) is 1.08. The zero-order valence-electron chi connectivity index (χ0n) is 10.00. The average Bonchev–Trinajstić information content (AvgIpc) is 2.76. The average molecular weight is 248 g/mol. The Kier molecular flexibility index (Phi) is 3.81. The molecule has 0 aliphatic heterocycles. The Bertz CT molecular complexity index is 478. The van der Waals surface area contributed by atoms with E-state index in [9.17, 15) is 0 Å². The quantitative estimate of drug-likeness (QED) is 0.841. The minimum absolute atomic E-state index is 0.171. The number of hydrogen-bond donors (Lipinski definition) is 1. The van der Waals surface area contributed by atoms with Gasteiger partial charge in [-0.05, 0) is 23.4 Å². The number of aromatic nitrogens is 3. The maximum absolute atomic E-state index is 6.18. The van der Waals surface area contributed by atoms with Crippen LogP contribution in [0.2, 0.25) is 0 Å². The molecule has 0 fully saturated rings. The molecule has 1 aromatic carbocycles. The highest BCUT2D eigenvalue weighted by molar-refractivity contribution is 7.99. The Morgan fingerprint density at radius 1 is 1.35 bits per heavy atom. The molecule has 17 heavy (non-hydrogen) atoms. The molecule has 0 aliphatic rings. The normalized spacial score (nSPS) is 12.6. The van der Waals surface area contributed by atoms with Crippen LogP contribution >= 0.6 is 11.8 Å². The van der Waals surface area contributed by atoms with Crippen molar-refractivity contribution in [1.29, 1.82) is 0 Å². The van der Waals surface area contributed by atoms with E-state index in [1.807, 2.05) is 18.8 Å². The summed E-state index contributed by atoms with van der Waals surface area (Å²) in [4.78, 5) is 1.27. The lowest BCUT2D eigenvalue weighted by Gasteiger charge is -2.12. The highest BCUT2D eigenvalue weighted by Crippen LogP contribution is 2.22. The number of aryl methyl sites for hydroxylation is 1. The van der Waals surface area contributed by atoms with E-state index in [1.165, 1.54) is 4.90 Å². The van der Waals surface area contributed by atoms with Crippen LogP contribution in [0.3, 0.4) is 0 Å². The SMILES string of the molecule is CCSc1ccc(C(N)c2cnnn2C)cc1. The van der Waals surface area contributed by atoms with Crippen molar-refractivity contribution < 1.29 is 0 Å². The molecule has 5 heteroatoms. The first-order chi connectivity index (χ1) is 8.22. The van der Waals surface area contributed by atoms with E-state index >= 15 is 0 Å². The Labute approximate surface area is 105 Å². The summed E-state index contributed by atoms with van der Waals surface area (Å²) in [6.45, 7) is 2.14. The van der Waals surface area contributed by atoms with E-state index in [4.69, 9.17) is 5.73 Å². The van der Waals surface area contributed by atoms with Gasteiger partial charge in [0.2, 0.25) is 0 Å². The first-order valence-corrected chi connectivity index (χ1v) is 6.54. The van der Waals surface area contributed by atoms with Crippen LogP contribution in [0.5, 0.6) is 0 Å². The fourth-order valence-electron chi connectivity index (χ4n) is 1.69. The Morgan fingerprint density at radius 3 is 2.59 bits per heavy atom. The summed E-state index contributed by atoms with van der Waals surface area (Å²) in [6, 6.07) is 8.17. The van der Waals surface area contributed by atoms with Crippen molar-refractivity contribution in [1.82, 2.24) is 15.0 Å². The molecule has 0 saturated carbocycles. The van der Waals surface area contributed by atoms with Gasteiger partial charge in [-0.25, -0.2) is 0 Å². The molecular formula is C12H16N4S. The van der Waals surface area contributed by atoms with Gasteiger partial charge in [-0.15, -0.1) is 16.9 Å². The van der Waals surface area contributed by atoms with Crippen molar-refractivity contribution in [3.8, 4) is 0 Å². The van der Waals surface area contributed by atoms with Crippen LogP contribution in [0.15, 0.2) is 35.4 Å². The predicted molar refractivity (Wildman–Crippen MR) is 69.9 cm³/mol. The lowest BCUT2D eigenvalue weighted by molar-refractivity contribution is 0.651. The summed E-state index contributed by atoms with van der Waals surface area (Å²) < 4.78 is 1.71. The third kappa shape index (κ3) is 2.68. The molecule has 2 rings (SSSR count). The molecule has 0 bridgehead atoms. The van der Waals surface area contributed by atoms with Crippen LogP contribution in [0, 0.1) is 0 Å². The van der Waals surface area contributed by atoms with Gasteiger partial charge in [0, 0.05) is 11.9 Å². The fourth-order valence-corrected chi connectivity index (χ4v) is 2.35. The minimum atomic E-state index is -0.171. The van der Waals surface area contributed by atoms with Gasteiger partial charge in [0.1, 0.15) is 0 Å². The van der Waals surface area contributed by atoms with Crippen molar-refractivity contribution >= 4 is 11.8 Å². The van der Waals surface area contributed by atoms with Gasteiger partial charge in [-0.2, -0.15) is 0 Å². The van der Waals surface area contributed by atoms with Crippen molar-refractivity contribution in [2.45, 2.75) is 17.9 Å². The van der Waals surface area contributed by atoms with Gasteiger partial charge in [-0.1, -0.05) is 24.3 Å². The number of thioether (sulfide) groups is 1. The standard InChI is InChI=1S/C12H16N4S/c1-3-17-10-6-4-9(5-7-10)12(13)11-8-14-15-16(11)2/h4-8,12H,3,13H2,1-2H3. The van der Waals surface area contributed by atoms with E-state index in [-0.39, 0.29) is 6.04 Å². The summed E-state index contributed by atoms with van der Waals surface area (Å²) in [7, 11) is 1.85. The second-order valence-electron chi connectivity index (χ2n) is 3.76. The molecule has 0 spiro atoms. The van der Waals surface area contributed by atoms with Crippen LogP contribution in [-0.4, -0.2) is 20.7 Å². The molecular weight excluding hydrogens is 232 g/mol. The molecule has 1 heterocycles. The van der Waals surface area contributed by atoms with Crippen molar-refractivity contribution in [2.24, 2.45) is 12.8 Å². The molecule has 2 N–H and O–H groups in total. The monoisotopic (exact) mass is 248 g/mol. The van der Waals surface area contributed by atoms with Crippen LogP contribution in [0.4, 0.5) is 0 Å². The van der Waals surface area contributed by atoms with E-state index in [2.05, 4.69) is 41.5 Å². The van der Waals surface area contributed by atoms with Gasteiger partial charge in [0.05, 0.1) is 17.9 Å². The maximum atomic E-state index is 6.18. The highest BCUT2D eigenvalue weighted by atomic mass is 32.2. The maximum Gasteiger partial charge on any atom is 0.0796 e. The van der Waals surface area contributed by atoms with Gasteiger partial charge >= 0.3 is 0 Å². The largest absolute Gasteiger partial charge is 0.319 e. The number of benzene rings is 1. The Balaban J connectivity index is 2.20. The second kappa shape index (κ2) is 5.33. The van der Waals surface area contributed by atoms with Crippen LogP contribution in [0.25, 0.3) is 0 Å². The highest BCUT2D eigenvalue weighted by Gasteiger charge is 2.12. The van der Waals surface area contributed by atoms with E-state index in [1.54, 1.807) is 10.9 Å². The molecule has 90 valence electrons. The third-order valence-corrected chi connectivity index (χ3v) is 3.51. The van der Waals surface area contributed by atoms with Crippen LogP contribution < -0.4 is 5.73 Å². The van der Waals surface area contributed by atoms with Gasteiger partial charge in [0.15, 0.2) is 0 Å². The summed E-state index contributed by atoms with van der Waals surface area (Å²) in [6.07, 6.45) is 1.71. The third-order valence-electron chi connectivity index (χ3n) is 2.62. The Morgan fingerprint density at radius 2 is 2.06 bits per heavy atom. The summed E-state index contributed by atoms with van der Waals surface area (Å²) in [5.41, 5.74) is 8.17. The molecule has 4 nitrogen and oxygen atoms in total.